The molecule has 0 aliphatic carbocycles. The van der Waals surface area contributed by atoms with Crippen LogP contribution in [0.25, 0.3) is 0 Å². The van der Waals surface area contributed by atoms with Gasteiger partial charge in [0.25, 0.3) is 0 Å². The van der Waals surface area contributed by atoms with Crippen molar-refractivity contribution < 1.29 is 0 Å². The number of rotatable bonds is 5. The molecule has 0 saturated carbocycles. The van der Waals surface area contributed by atoms with Crippen LogP contribution in [-0.4, -0.2) is 30.3 Å². The van der Waals surface area contributed by atoms with Crippen LogP contribution in [0.15, 0.2) is 18.6 Å². The molecule has 7 heteroatoms. The summed E-state index contributed by atoms with van der Waals surface area (Å²) < 4.78 is 4.91. The third kappa shape index (κ3) is 4.90. The minimum atomic E-state index is 0.0928. The molecule has 0 atom stereocenters. The summed E-state index contributed by atoms with van der Waals surface area (Å²) in [7, 11) is 0. The van der Waals surface area contributed by atoms with E-state index in [0.717, 1.165) is 28.9 Å². The van der Waals surface area contributed by atoms with E-state index in [9.17, 15) is 0 Å². The normalized spacial score (nSPS) is 12.0. The predicted molar refractivity (Wildman–Crippen MR) is 81.6 cm³/mol. The Labute approximate surface area is 126 Å². The summed E-state index contributed by atoms with van der Waals surface area (Å²) in [5, 5.41) is 15.9. The lowest BCUT2D eigenvalue weighted by Crippen LogP contribution is -2.35. The summed E-state index contributed by atoms with van der Waals surface area (Å²) in [6.45, 7) is 8.73. The fourth-order valence-electron chi connectivity index (χ4n) is 1.55. The molecular formula is C12H19IN6. The number of hydrogen-bond acceptors (Lipinski definition) is 4. The van der Waals surface area contributed by atoms with Gasteiger partial charge in [-0.25, -0.2) is 0 Å². The Morgan fingerprint density at radius 1 is 1.21 bits per heavy atom. The van der Waals surface area contributed by atoms with E-state index in [0.29, 0.717) is 0 Å². The lowest BCUT2D eigenvalue weighted by molar-refractivity contribution is 0.421. The van der Waals surface area contributed by atoms with E-state index in [1.54, 1.807) is 0 Å². The molecule has 0 fully saturated rings. The Kier molecular flexibility index (Phi) is 4.56. The summed E-state index contributed by atoms with van der Waals surface area (Å²) in [6, 6.07) is 0. The van der Waals surface area contributed by atoms with E-state index < -0.39 is 0 Å². The maximum Gasteiger partial charge on any atom is 0.0965 e. The first-order valence-electron chi connectivity index (χ1n) is 6.24. The molecule has 0 aliphatic rings. The van der Waals surface area contributed by atoms with Crippen molar-refractivity contribution >= 4 is 22.6 Å². The zero-order chi connectivity index (χ0) is 13.9. The first-order chi connectivity index (χ1) is 8.92. The third-order valence-electron chi connectivity index (χ3n) is 2.55. The van der Waals surface area contributed by atoms with Crippen LogP contribution < -0.4 is 5.32 Å². The number of hydrogen-bond donors (Lipinski definition) is 1. The smallest absolute Gasteiger partial charge is 0.0965 e. The van der Waals surface area contributed by atoms with Crippen molar-refractivity contribution in [2.75, 3.05) is 0 Å². The highest BCUT2D eigenvalue weighted by molar-refractivity contribution is 14.1. The van der Waals surface area contributed by atoms with Crippen molar-refractivity contribution in [3.05, 3.63) is 27.9 Å². The Balaban J connectivity index is 1.84. The molecule has 104 valence electrons. The molecule has 2 heterocycles. The Hall–Kier alpha value is -0.960. The number of halogens is 1. The lowest BCUT2D eigenvalue weighted by atomic mass is 10.1. The molecule has 0 aliphatic heterocycles. The van der Waals surface area contributed by atoms with Crippen molar-refractivity contribution in [2.45, 2.75) is 45.9 Å². The van der Waals surface area contributed by atoms with Gasteiger partial charge in [-0.05, 0) is 43.4 Å². The van der Waals surface area contributed by atoms with Crippen LogP contribution in [0.5, 0.6) is 0 Å². The van der Waals surface area contributed by atoms with E-state index in [1.807, 2.05) is 28.0 Å². The van der Waals surface area contributed by atoms with Gasteiger partial charge in [0.2, 0.25) is 0 Å². The average molecular weight is 374 g/mol. The molecule has 2 aromatic rings. The highest BCUT2D eigenvalue weighted by atomic mass is 127. The highest BCUT2D eigenvalue weighted by Crippen LogP contribution is 2.03. The summed E-state index contributed by atoms with van der Waals surface area (Å²) in [5.74, 6) is 0. The zero-order valence-electron chi connectivity index (χ0n) is 11.5. The topological polar surface area (TPSA) is 60.6 Å². The standard InChI is InChI=1S/C12H19IN6/c1-12(2,3)14-7-11-9-19(17-16-11)5-4-18-8-10(13)6-15-18/h6,8-9,14H,4-5,7H2,1-3H3. The molecule has 2 aromatic heterocycles. The summed E-state index contributed by atoms with van der Waals surface area (Å²) >= 11 is 2.25. The molecule has 1 N–H and O–H groups in total. The van der Waals surface area contributed by atoms with Gasteiger partial charge in [-0.3, -0.25) is 9.36 Å². The number of aromatic nitrogens is 5. The Bertz CT molecular complexity index is 524. The third-order valence-corrected chi connectivity index (χ3v) is 3.10. The zero-order valence-corrected chi connectivity index (χ0v) is 13.6. The Morgan fingerprint density at radius 3 is 2.58 bits per heavy atom. The monoisotopic (exact) mass is 374 g/mol. The van der Waals surface area contributed by atoms with Crippen LogP contribution in [0.3, 0.4) is 0 Å². The van der Waals surface area contributed by atoms with E-state index in [-0.39, 0.29) is 5.54 Å². The lowest BCUT2D eigenvalue weighted by Gasteiger charge is -2.19. The molecule has 0 bridgehead atoms. The SMILES string of the molecule is CC(C)(C)NCc1cn(CCn2cc(I)cn2)nn1. The fraction of sp³-hybridized carbons (Fsp3) is 0.583. The first kappa shape index (κ1) is 14.4. The van der Waals surface area contributed by atoms with Crippen LogP contribution >= 0.6 is 22.6 Å². The van der Waals surface area contributed by atoms with Gasteiger partial charge in [0, 0.05) is 24.5 Å². The molecule has 0 radical (unpaired) electrons. The van der Waals surface area contributed by atoms with Gasteiger partial charge in [0.05, 0.1) is 28.6 Å². The maximum atomic E-state index is 4.24. The van der Waals surface area contributed by atoms with Crippen molar-refractivity contribution in [2.24, 2.45) is 0 Å². The molecule has 0 spiro atoms. The van der Waals surface area contributed by atoms with Gasteiger partial charge in [0.15, 0.2) is 0 Å². The van der Waals surface area contributed by atoms with E-state index in [2.05, 4.69) is 64.1 Å². The Morgan fingerprint density at radius 2 is 1.95 bits per heavy atom. The van der Waals surface area contributed by atoms with Crippen LogP contribution in [0.2, 0.25) is 0 Å². The predicted octanol–water partition coefficient (Wildman–Crippen LogP) is 1.67. The molecule has 2 rings (SSSR count). The molecule has 6 nitrogen and oxygen atoms in total. The molecule has 0 unspecified atom stereocenters. The first-order valence-corrected chi connectivity index (χ1v) is 7.32. The maximum absolute atomic E-state index is 4.24. The average Bonchev–Trinajstić information content (AvgIpc) is 2.92. The molecule has 0 saturated heterocycles. The van der Waals surface area contributed by atoms with Crippen LogP contribution in [0, 0.1) is 3.57 Å². The van der Waals surface area contributed by atoms with Gasteiger partial charge in [-0.1, -0.05) is 5.21 Å². The van der Waals surface area contributed by atoms with Crippen molar-refractivity contribution in [3.63, 3.8) is 0 Å². The van der Waals surface area contributed by atoms with E-state index >= 15 is 0 Å². The van der Waals surface area contributed by atoms with Crippen molar-refractivity contribution in [3.8, 4) is 0 Å². The van der Waals surface area contributed by atoms with Crippen molar-refractivity contribution in [1.29, 1.82) is 0 Å². The summed E-state index contributed by atoms with van der Waals surface area (Å²) in [4.78, 5) is 0. The number of nitrogens with zero attached hydrogens (tertiary/aromatic N) is 5. The van der Waals surface area contributed by atoms with Gasteiger partial charge >= 0.3 is 0 Å². The minimum absolute atomic E-state index is 0.0928. The summed E-state index contributed by atoms with van der Waals surface area (Å²) in [6.07, 6.45) is 5.84. The molecule has 19 heavy (non-hydrogen) atoms. The second-order valence-corrected chi connectivity index (χ2v) is 6.74. The minimum Gasteiger partial charge on any atom is -0.306 e. The van der Waals surface area contributed by atoms with E-state index in [4.69, 9.17) is 0 Å². The highest BCUT2D eigenvalue weighted by Gasteiger charge is 2.10. The van der Waals surface area contributed by atoms with Gasteiger partial charge in [0.1, 0.15) is 0 Å². The molecule has 0 aromatic carbocycles. The number of aryl methyl sites for hydroxylation is 2. The van der Waals surface area contributed by atoms with Gasteiger partial charge in [-0.15, -0.1) is 5.10 Å². The second-order valence-electron chi connectivity index (χ2n) is 5.50. The quantitative estimate of drug-likeness (QED) is 0.809. The van der Waals surface area contributed by atoms with Gasteiger partial charge < -0.3 is 5.32 Å². The van der Waals surface area contributed by atoms with Gasteiger partial charge in [-0.2, -0.15) is 5.10 Å². The summed E-state index contributed by atoms with van der Waals surface area (Å²) in [5.41, 5.74) is 1.06. The van der Waals surface area contributed by atoms with Crippen LogP contribution in [0.4, 0.5) is 0 Å². The second kappa shape index (κ2) is 6.00. The van der Waals surface area contributed by atoms with Crippen LogP contribution in [0.1, 0.15) is 26.5 Å². The number of nitrogens with one attached hydrogen (secondary N) is 1. The van der Waals surface area contributed by atoms with Crippen molar-refractivity contribution in [1.82, 2.24) is 30.1 Å². The molecule has 0 amide bonds. The van der Waals surface area contributed by atoms with Crippen LogP contribution in [-0.2, 0) is 19.6 Å². The fourth-order valence-corrected chi connectivity index (χ4v) is 2.00. The van der Waals surface area contributed by atoms with E-state index in [1.165, 1.54) is 0 Å². The largest absolute Gasteiger partial charge is 0.306 e. The molecular weight excluding hydrogens is 355 g/mol.